The lowest BCUT2D eigenvalue weighted by Gasteiger charge is -2.25. The second-order valence-corrected chi connectivity index (χ2v) is 4.43. The molecule has 0 radical (unpaired) electrons. The van der Waals surface area contributed by atoms with E-state index in [2.05, 4.69) is 15.6 Å². The number of pyridine rings is 1. The molecule has 0 spiro atoms. The predicted molar refractivity (Wildman–Crippen MR) is 68.4 cm³/mol. The van der Waals surface area contributed by atoms with Gasteiger partial charge in [0.1, 0.15) is 5.82 Å². The van der Waals surface area contributed by atoms with E-state index in [-0.39, 0.29) is 11.2 Å². The summed E-state index contributed by atoms with van der Waals surface area (Å²) in [5.74, 6) is 0.902. The zero-order chi connectivity index (χ0) is 13.1. The first-order valence-corrected chi connectivity index (χ1v) is 5.51. The van der Waals surface area contributed by atoms with Crippen LogP contribution in [0.4, 0.5) is 17.3 Å². The largest absolute Gasteiger partial charge is 0.373 e. The average molecular weight is 238 g/mol. The predicted octanol–water partition coefficient (Wildman–Crippen LogP) is 2.63. The van der Waals surface area contributed by atoms with Gasteiger partial charge in [0, 0.05) is 18.7 Å². The minimum absolute atomic E-state index is 0.00877. The molecule has 2 N–H and O–H groups in total. The van der Waals surface area contributed by atoms with Crippen molar-refractivity contribution in [2.75, 3.05) is 17.7 Å². The molecule has 17 heavy (non-hydrogen) atoms. The van der Waals surface area contributed by atoms with Gasteiger partial charge < -0.3 is 10.6 Å². The van der Waals surface area contributed by atoms with Crippen molar-refractivity contribution in [3.05, 3.63) is 22.2 Å². The van der Waals surface area contributed by atoms with Gasteiger partial charge in [0.25, 0.3) is 0 Å². The average Bonchev–Trinajstić information content (AvgIpc) is 2.28. The lowest BCUT2D eigenvalue weighted by atomic mass is 10.0. The zero-order valence-electron chi connectivity index (χ0n) is 10.6. The van der Waals surface area contributed by atoms with Crippen molar-refractivity contribution in [2.45, 2.75) is 32.7 Å². The number of hydrogen-bond donors (Lipinski definition) is 2. The number of anilines is 2. The summed E-state index contributed by atoms with van der Waals surface area (Å²) in [6.07, 6.45) is 0.843. The number of nitrogens with one attached hydrogen (secondary N) is 2. The number of rotatable bonds is 5. The molecule has 94 valence electrons. The van der Waals surface area contributed by atoms with Crippen LogP contribution in [0.3, 0.4) is 0 Å². The molecule has 0 unspecified atom stereocenters. The van der Waals surface area contributed by atoms with Crippen LogP contribution in [0, 0.1) is 10.1 Å². The maximum atomic E-state index is 10.9. The highest BCUT2D eigenvalue weighted by Gasteiger charge is 2.22. The Kier molecular flexibility index (Phi) is 3.88. The SMILES string of the molecule is CCC(C)(C)Nc1nc(NC)ccc1[N+](=O)[O-]. The fourth-order valence-electron chi connectivity index (χ4n) is 1.24. The normalized spacial score (nSPS) is 11.1. The van der Waals surface area contributed by atoms with Gasteiger partial charge in [0.05, 0.1) is 4.92 Å². The first-order chi connectivity index (χ1) is 7.89. The molecule has 1 aromatic rings. The van der Waals surface area contributed by atoms with Gasteiger partial charge in [-0.25, -0.2) is 4.98 Å². The Balaban J connectivity index is 3.13. The Bertz CT molecular complexity index is 418. The Labute approximate surface area is 101 Å². The van der Waals surface area contributed by atoms with Crippen LogP contribution in [0.15, 0.2) is 12.1 Å². The lowest BCUT2D eigenvalue weighted by Crippen LogP contribution is -2.30. The van der Waals surface area contributed by atoms with Crippen LogP contribution in [0.2, 0.25) is 0 Å². The van der Waals surface area contributed by atoms with Crippen LogP contribution >= 0.6 is 0 Å². The molecule has 0 aliphatic heterocycles. The molecule has 1 aromatic heterocycles. The van der Waals surface area contributed by atoms with Crippen molar-refractivity contribution in [3.8, 4) is 0 Å². The topological polar surface area (TPSA) is 80.1 Å². The van der Waals surface area contributed by atoms with Gasteiger partial charge in [0.2, 0.25) is 5.82 Å². The minimum Gasteiger partial charge on any atom is -0.373 e. The summed E-state index contributed by atoms with van der Waals surface area (Å²) in [7, 11) is 1.73. The van der Waals surface area contributed by atoms with Crippen molar-refractivity contribution in [1.29, 1.82) is 0 Å². The summed E-state index contributed by atoms with van der Waals surface area (Å²) in [5.41, 5.74) is -0.241. The van der Waals surface area contributed by atoms with E-state index in [9.17, 15) is 10.1 Å². The van der Waals surface area contributed by atoms with E-state index in [1.54, 1.807) is 13.1 Å². The first-order valence-electron chi connectivity index (χ1n) is 5.51. The van der Waals surface area contributed by atoms with Crippen molar-refractivity contribution >= 4 is 17.3 Å². The van der Waals surface area contributed by atoms with Crippen molar-refractivity contribution in [1.82, 2.24) is 4.98 Å². The molecule has 6 heteroatoms. The van der Waals surface area contributed by atoms with E-state index >= 15 is 0 Å². The smallest absolute Gasteiger partial charge is 0.311 e. The molecule has 1 heterocycles. The van der Waals surface area contributed by atoms with E-state index < -0.39 is 4.92 Å². The fourth-order valence-corrected chi connectivity index (χ4v) is 1.24. The van der Waals surface area contributed by atoms with Gasteiger partial charge >= 0.3 is 5.69 Å². The minimum atomic E-state index is -0.430. The van der Waals surface area contributed by atoms with E-state index in [0.29, 0.717) is 11.6 Å². The molecule has 0 aliphatic rings. The number of aromatic nitrogens is 1. The molecule has 0 bridgehead atoms. The maximum absolute atomic E-state index is 10.9. The van der Waals surface area contributed by atoms with Gasteiger partial charge in [-0.2, -0.15) is 0 Å². The number of hydrogen-bond acceptors (Lipinski definition) is 5. The fraction of sp³-hybridized carbons (Fsp3) is 0.545. The molecule has 0 aliphatic carbocycles. The third-order valence-electron chi connectivity index (χ3n) is 2.67. The third-order valence-corrected chi connectivity index (χ3v) is 2.67. The summed E-state index contributed by atoms with van der Waals surface area (Å²) in [4.78, 5) is 14.7. The summed E-state index contributed by atoms with van der Waals surface area (Å²) in [5, 5.41) is 16.9. The van der Waals surface area contributed by atoms with E-state index in [4.69, 9.17) is 0 Å². The van der Waals surface area contributed by atoms with Gasteiger partial charge in [-0.1, -0.05) is 6.92 Å². The maximum Gasteiger partial charge on any atom is 0.311 e. The van der Waals surface area contributed by atoms with E-state index in [1.807, 2.05) is 20.8 Å². The van der Waals surface area contributed by atoms with Crippen molar-refractivity contribution in [2.24, 2.45) is 0 Å². The summed E-state index contributed by atoms with van der Waals surface area (Å²) >= 11 is 0. The highest BCUT2D eigenvalue weighted by atomic mass is 16.6. The van der Waals surface area contributed by atoms with E-state index in [1.165, 1.54) is 6.07 Å². The second kappa shape index (κ2) is 4.99. The monoisotopic (exact) mass is 238 g/mol. The second-order valence-electron chi connectivity index (χ2n) is 4.43. The summed E-state index contributed by atoms with van der Waals surface area (Å²) in [6.45, 7) is 5.97. The van der Waals surface area contributed by atoms with E-state index in [0.717, 1.165) is 6.42 Å². The number of nitrogens with zero attached hydrogens (tertiary/aromatic N) is 2. The van der Waals surface area contributed by atoms with Gasteiger partial charge in [-0.15, -0.1) is 0 Å². The van der Waals surface area contributed by atoms with Gasteiger partial charge in [0.15, 0.2) is 0 Å². The number of nitro groups is 1. The summed E-state index contributed by atoms with van der Waals surface area (Å²) < 4.78 is 0. The van der Waals surface area contributed by atoms with Gasteiger partial charge in [-0.3, -0.25) is 10.1 Å². The molecule has 1 rings (SSSR count). The molecular weight excluding hydrogens is 220 g/mol. The Morgan fingerprint density at radius 2 is 2.12 bits per heavy atom. The Hall–Kier alpha value is -1.85. The molecule has 0 fully saturated rings. The molecule has 0 aromatic carbocycles. The zero-order valence-corrected chi connectivity index (χ0v) is 10.6. The Morgan fingerprint density at radius 1 is 1.47 bits per heavy atom. The highest BCUT2D eigenvalue weighted by Crippen LogP contribution is 2.27. The van der Waals surface area contributed by atoms with Crippen LogP contribution < -0.4 is 10.6 Å². The lowest BCUT2D eigenvalue weighted by molar-refractivity contribution is -0.384. The van der Waals surface area contributed by atoms with Crippen LogP contribution in [0.1, 0.15) is 27.2 Å². The molecule has 6 nitrogen and oxygen atoms in total. The Morgan fingerprint density at radius 3 is 2.59 bits per heavy atom. The van der Waals surface area contributed by atoms with Gasteiger partial charge in [-0.05, 0) is 26.3 Å². The molecule has 0 saturated heterocycles. The van der Waals surface area contributed by atoms with Crippen LogP contribution in [-0.2, 0) is 0 Å². The highest BCUT2D eigenvalue weighted by molar-refractivity contribution is 5.61. The van der Waals surface area contributed by atoms with Crippen LogP contribution in [-0.4, -0.2) is 22.5 Å². The quantitative estimate of drug-likeness (QED) is 0.609. The molecular formula is C11H18N4O2. The molecule has 0 amide bonds. The van der Waals surface area contributed by atoms with Crippen LogP contribution in [0.25, 0.3) is 0 Å². The standard InChI is InChI=1S/C11H18N4O2/c1-5-11(2,3)14-10-8(15(16)17)6-7-9(12-4)13-10/h6-7H,5H2,1-4H3,(H2,12,13,14). The van der Waals surface area contributed by atoms with Crippen molar-refractivity contribution < 1.29 is 4.92 Å². The molecule has 0 atom stereocenters. The third kappa shape index (κ3) is 3.30. The first kappa shape index (κ1) is 13.2. The summed E-state index contributed by atoms with van der Waals surface area (Å²) in [6, 6.07) is 3.04. The van der Waals surface area contributed by atoms with Crippen LogP contribution in [0.5, 0.6) is 0 Å². The van der Waals surface area contributed by atoms with Crippen molar-refractivity contribution in [3.63, 3.8) is 0 Å². The molecule has 0 saturated carbocycles.